The van der Waals surface area contributed by atoms with Crippen molar-refractivity contribution in [3.8, 4) is 5.69 Å². The van der Waals surface area contributed by atoms with E-state index in [1.807, 2.05) is 4.90 Å². The zero-order valence-electron chi connectivity index (χ0n) is 15.2. The van der Waals surface area contributed by atoms with E-state index in [1.54, 1.807) is 6.20 Å². The van der Waals surface area contributed by atoms with Gasteiger partial charge >= 0.3 is 0 Å². The summed E-state index contributed by atoms with van der Waals surface area (Å²) >= 11 is 5.80. The average Bonchev–Trinajstić information content (AvgIpc) is 3.46. The van der Waals surface area contributed by atoms with Crippen LogP contribution < -0.4 is 5.32 Å². The molecule has 148 valence electrons. The predicted octanol–water partition coefficient (Wildman–Crippen LogP) is 2.56. The number of anilines is 1. The van der Waals surface area contributed by atoms with E-state index in [1.165, 1.54) is 41.6 Å². The van der Waals surface area contributed by atoms with E-state index in [9.17, 15) is 9.18 Å². The van der Waals surface area contributed by atoms with E-state index in [2.05, 4.69) is 25.5 Å². The van der Waals surface area contributed by atoms with Gasteiger partial charge in [-0.25, -0.2) is 14.4 Å². The largest absolute Gasteiger partial charge is 0.364 e. The molecule has 0 spiro atoms. The number of hydrogen-bond acceptors (Lipinski definition) is 6. The summed E-state index contributed by atoms with van der Waals surface area (Å²) in [6.07, 6.45) is 7.93. The summed E-state index contributed by atoms with van der Waals surface area (Å²) in [7, 11) is 0. The third-order valence-electron chi connectivity index (χ3n) is 5.52. The summed E-state index contributed by atoms with van der Waals surface area (Å²) in [5.41, 5.74) is 0.705. The monoisotopic (exact) mass is 413 g/mol. The predicted molar refractivity (Wildman–Crippen MR) is 103 cm³/mol. The molecule has 10 heteroatoms. The molecule has 1 aromatic carbocycles. The SMILES string of the molecule is O=C(c1cc(F)ccc1-n1nccn1)N1CC2CC(Nc3cnc(Cl)cn3)C1C2. The summed E-state index contributed by atoms with van der Waals surface area (Å²) < 4.78 is 14.0. The minimum atomic E-state index is -0.472. The van der Waals surface area contributed by atoms with E-state index in [0.717, 1.165) is 12.8 Å². The summed E-state index contributed by atoms with van der Waals surface area (Å²) in [4.78, 5) is 24.8. The molecule has 1 aliphatic heterocycles. The van der Waals surface area contributed by atoms with Crippen molar-refractivity contribution in [2.75, 3.05) is 11.9 Å². The van der Waals surface area contributed by atoms with Crippen molar-refractivity contribution in [1.82, 2.24) is 29.9 Å². The van der Waals surface area contributed by atoms with Gasteiger partial charge in [0.2, 0.25) is 0 Å². The van der Waals surface area contributed by atoms with Crippen molar-refractivity contribution in [3.63, 3.8) is 0 Å². The van der Waals surface area contributed by atoms with E-state index in [4.69, 9.17) is 11.6 Å². The lowest BCUT2D eigenvalue weighted by Crippen LogP contribution is -2.48. The molecule has 3 unspecified atom stereocenters. The van der Waals surface area contributed by atoms with Gasteiger partial charge in [0, 0.05) is 12.6 Å². The summed E-state index contributed by atoms with van der Waals surface area (Å²) in [5.74, 6) is 0.311. The van der Waals surface area contributed by atoms with Crippen molar-refractivity contribution >= 4 is 23.3 Å². The summed E-state index contributed by atoms with van der Waals surface area (Å²) in [6.45, 7) is 0.649. The second kappa shape index (κ2) is 7.07. The molecule has 2 aromatic heterocycles. The topological polar surface area (TPSA) is 88.8 Å². The molecule has 1 saturated heterocycles. The molecule has 2 bridgehead atoms. The van der Waals surface area contributed by atoms with Gasteiger partial charge in [-0.05, 0) is 37.0 Å². The van der Waals surface area contributed by atoms with E-state index in [0.29, 0.717) is 29.1 Å². The lowest BCUT2D eigenvalue weighted by molar-refractivity contribution is 0.0691. The Morgan fingerprint density at radius 3 is 2.72 bits per heavy atom. The van der Waals surface area contributed by atoms with Gasteiger partial charge in [0.25, 0.3) is 5.91 Å². The number of benzene rings is 1. The Balaban J connectivity index is 1.41. The highest BCUT2D eigenvalue weighted by Crippen LogP contribution is 2.40. The number of piperidine rings is 1. The van der Waals surface area contributed by atoms with Crippen LogP contribution in [0, 0.1) is 11.7 Å². The highest BCUT2D eigenvalue weighted by molar-refractivity contribution is 6.29. The van der Waals surface area contributed by atoms with Crippen LogP contribution in [0.25, 0.3) is 5.69 Å². The zero-order valence-corrected chi connectivity index (χ0v) is 16.0. The Morgan fingerprint density at radius 1 is 1.17 bits per heavy atom. The molecule has 1 aliphatic carbocycles. The summed E-state index contributed by atoms with van der Waals surface area (Å²) in [6, 6.07) is 4.12. The maximum Gasteiger partial charge on any atom is 0.256 e. The zero-order chi connectivity index (χ0) is 20.0. The van der Waals surface area contributed by atoms with Gasteiger partial charge in [-0.3, -0.25) is 4.79 Å². The van der Waals surface area contributed by atoms with Gasteiger partial charge in [0.05, 0.1) is 42.1 Å². The normalized spacial score (nSPS) is 22.8. The number of hydrogen-bond donors (Lipinski definition) is 1. The number of carbonyl (C=O) groups is 1. The van der Waals surface area contributed by atoms with Gasteiger partial charge in [-0.2, -0.15) is 15.0 Å². The number of aromatic nitrogens is 5. The van der Waals surface area contributed by atoms with Crippen LogP contribution in [-0.2, 0) is 0 Å². The lowest BCUT2D eigenvalue weighted by Gasteiger charge is -2.34. The van der Waals surface area contributed by atoms with Gasteiger partial charge in [0.1, 0.15) is 16.8 Å². The fourth-order valence-corrected chi connectivity index (χ4v) is 4.44. The van der Waals surface area contributed by atoms with Crippen molar-refractivity contribution in [1.29, 1.82) is 0 Å². The molecule has 2 aliphatic rings. The first kappa shape index (κ1) is 18.0. The summed E-state index contributed by atoms with van der Waals surface area (Å²) in [5, 5.41) is 11.9. The molecule has 0 radical (unpaired) electrons. The first-order valence-corrected chi connectivity index (χ1v) is 9.67. The number of fused-ring (bicyclic) bond motifs is 2. The van der Waals surface area contributed by atoms with E-state index >= 15 is 0 Å². The molecular weight excluding hydrogens is 397 g/mol. The van der Waals surface area contributed by atoms with Crippen LogP contribution in [0.2, 0.25) is 5.15 Å². The average molecular weight is 414 g/mol. The molecule has 2 fully saturated rings. The molecule has 29 heavy (non-hydrogen) atoms. The Hall–Kier alpha value is -3.07. The van der Waals surface area contributed by atoms with Crippen LogP contribution in [-0.4, -0.2) is 54.4 Å². The number of amides is 1. The number of nitrogens with one attached hydrogen (secondary N) is 1. The lowest BCUT2D eigenvalue weighted by atomic mass is 10.0. The Labute approximate surface area is 170 Å². The van der Waals surface area contributed by atoms with Crippen molar-refractivity contribution < 1.29 is 9.18 Å². The molecular formula is C19H17ClFN7O. The fourth-order valence-electron chi connectivity index (χ4n) is 4.34. The number of halogens is 2. The third-order valence-corrected chi connectivity index (χ3v) is 5.71. The minimum absolute atomic E-state index is 0.00771. The van der Waals surface area contributed by atoms with Crippen LogP contribution in [0.3, 0.4) is 0 Å². The van der Waals surface area contributed by atoms with Crippen molar-refractivity contribution in [2.45, 2.75) is 24.9 Å². The number of carbonyl (C=O) groups excluding carboxylic acids is 1. The van der Waals surface area contributed by atoms with Gasteiger partial charge in [-0.15, -0.1) is 0 Å². The van der Waals surface area contributed by atoms with Crippen LogP contribution >= 0.6 is 11.6 Å². The van der Waals surface area contributed by atoms with Crippen LogP contribution in [0.1, 0.15) is 23.2 Å². The maximum absolute atomic E-state index is 14.0. The Bertz CT molecular complexity index is 1040. The highest BCUT2D eigenvalue weighted by atomic mass is 35.5. The van der Waals surface area contributed by atoms with E-state index < -0.39 is 5.82 Å². The molecule has 3 atom stereocenters. The van der Waals surface area contributed by atoms with E-state index in [-0.39, 0.29) is 23.6 Å². The third kappa shape index (κ3) is 3.31. The minimum Gasteiger partial charge on any atom is -0.364 e. The number of nitrogens with zero attached hydrogens (tertiary/aromatic N) is 6. The highest BCUT2D eigenvalue weighted by Gasteiger charge is 2.47. The van der Waals surface area contributed by atoms with Gasteiger partial charge in [0.15, 0.2) is 0 Å². The van der Waals surface area contributed by atoms with Crippen molar-refractivity contribution in [2.24, 2.45) is 5.92 Å². The van der Waals surface area contributed by atoms with Crippen molar-refractivity contribution in [3.05, 3.63) is 59.5 Å². The van der Waals surface area contributed by atoms with Crippen LogP contribution in [0.4, 0.5) is 10.2 Å². The number of likely N-dealkylation sites (tertiary alicyclic amines) is 1. The fraction of sp³-hybridized carbons (Fsp3) is 0.316. The quantitative estimate of drug-likeness (QED) is 0.707. The molecule has 1 N–H and O–H groups in total. The molecule has 3 heterocycles. The number of rotatable bonds is 4. The second-order valence-electron chi connectivity index (χ2n) is 7.32. The second-order valence-corrected chi connectivity index (χ2v) is 7.70. The molecule has 5 rings (SSSR count). The van der Waals surface area contributed by atoms with Crippen LogP contribution in [0.5, 0.6) is 0 Å². The first-order valence-electron chi connectivity index (χ1n) is 9.30. The molecule has 8 nitrogen and oxygen atoms in total. The Morgan fingerprint density at radius 2 is 2.00 bits per heavy atom. The van der Waals surface area contributed by atoms with Gasteiger partial charge < -0.3 is 10.2 Å². The Kier molecular flexibility index (Phi) is 4.39. The first-order chi connectivity index (χ1) is 14.1. The smallest absolute Gasteiger partial charge is 0.256 e. The molecule has 3 aromatic rings. The molecule has 1 saturated carbocycles. The van der Waals surface area contributed by atoms with Gasteiger partial charge in [-0.1, -0.05) is 11.6 Å². The molecule has 1 amide bonds. The van der Waals surface area contributed by atoms with Crippen LogP contribution in [0.15, 0.2) is 43.0 Å². The standard InChI is InChI=1S/C19H17ClFN7O/c20-17-8-23-18(9-22-17)26-14-5-11-6-16(14)27(10-11)19(29)13-7-12(21)1-2-15(13)28-24-3-4-25-28/h1-4,7-9,11,14,16H,5-6,10H2,(H,23,26). The maximum atomic E-state index is 14.0.